The van der Waals surface area contributed by atoms with Crippen molar-refractivity contribution in [3.63, 3.8) is 0 Å². The molecule has 0 spiro atoms. The third kappa shape index (κ3) is 4.73. The van der Waals surface area contributed by atoms with E-state index in [0.717, 1.165) is 25.9 Å². The molecule has 0 unspecified atom stereocenters. The number of hydrogen-bond donors (Lipinski definition) is 2. The second-order valence-corrected chi connectivity index (χ2v) is 6.93. The maximum absolute atomic E-state index is 12.3. The van der Waals surface area contributed by atoms with Crippen LogP contribution >= 0.6 is 0 Å². The van der Waals surface area contributed by atoms with Crippen LogP contribution in [0, 0.1) is 0 Å². The minimum atomic E-state index is -1.09. The predicted octanol–water partition coefficient (Wildman–Crippen LogP) is 0.483. The lowest BCUT2D eigenvalue weighted by Crippen LogP contribution is -2.50. The maximum atomic E-state index is 12.3. The van der Waals surface area contributed by atoms with Crippen molar-refractivity contribution in [3.8, 4) is 0 Å². The van der Waals surface area contributed by atoms with E-state index in [1.165, 1.54) is 19.2 Å². The fourth-order valence-electron chi connectivity index (χ4n) is 3.51. The Morgan fingerprint density at radius 1 is 1.11 bits per heavy atom. The number of carbonyl (C=O) groups excluding carboxylic acids is 2. The zero-order valence-electron chi connectivity index (χ0n) is 15.5. The lowest BCUT2D eigenvalue weighted by Gasteiger charge is -2.36. The van der Waals surface area contributed by atoms with E-state index in [2.05, 4.69) is 15.2 Å². The van der Waals surface area contributed by atoms with Gasteiger partial charge in [0, 0.05) is 46.2 Å². The summed E-state index contributed by atoms with van der Waals surface area (Å²) in [6.45, 7) is 6.02. The summed E-state index contributed by atoms with van der Waals surface area (Å²) in [5.41, 5.74) is 0.418. The van der Waals surface area contributed by atoms with Gasteiger partial charge >= 0.3 is 5.97 Å². The minimum Gasteiger partial charge on any atom is -0.478 e. The molecule has 3 heterocycles. The van der Waals surface area contributed by atoms with E-state index < -0.39 is 5.97 Å². The molecule has 0 radical (unpaired) electrons. The molecule has 1 aromatic rings. The summed E-state index contributed by atoms with van der Waals surface area (Å²) in [6, 6.07) is 1.43. The number of carbonyl (C=O) groups is 3. The highest BCUT2D eigenvalue weighted by Crippen LogP contribution is 2.23. The summed E-state index contributed by atoms with van der Waals surface area (Å²) in [7, 11) is 0. The van der Waals surface area contributed by atoms with Gasteiger partial charge in [0.05, 0.1) is 18.4 Å². The van der Waals surface area contributed by atoms with Crippen LogP contribution in [0.3, 0.4) is 0 Å². The molecule has 2 aliphatic heterocycles. The summed E-state index contributed by atoms with van der Waals surface area (Å²) < 4.78 is 0. The zero-order chi connectivity index (χ0) is 19.4. The number of rotatable bonds is 5. The Bertz CT molecular complexity index is 724. The highest BCUT2D eigenvalue weighted by atomic mass is 16.4. The normalized spacial score (nSPS) is 17.8. The Balaban J connectivity index is 1.62. The zero-order valence-corrected chi connectivity index (χ0v) is 15.5. The van der Waals surface area contributed by atoms with Crippen LogP contribution in [0.4, 0.5) is 11.5 Å². The van der Waals surface area contributed by atoms with E-state index in [4.69, 9.17) is 0 Å². The van der Waals surface area contributed by atoms with Crippen molar-refractivity contribution in [2.24, 2.45) is 0 Å². The second-order valence-electron chi connectivity index (χ2n) is 6.93. The largest absolute Gasteiger partial charge is 0.478 e. The van der Waals surface area contributed by atoms with Crippen LogP contribution in [0.1, 0.15) is 30.1 Å². The highest BCUT2D eigenvalue weighted by Gasteiger charge is 2.26. The first kappa shape index (κ1) is 19.1. The lowest BCUT2D eigenvalue weighted by molar-refractivity contribution is -0.131. The molecule has 2 fully saturated rings. The first-order valence-electron chi connectivity index (χ1n) is 9.20. The summed E-state index contributed by atoms with van der Waals surface area (Å²) in [5.74, 6) is -0.805. The molecule has 2 N–H and O–H groups in total. The van der Waals surface area contributed by atoms with Crippen molar-refractivity contribution in [1.29, 1.82) is 0 Å². The van der Waals surface area contributed by atoms with Crippen LogP contribution in [0.2, 0.25) is 0 Å². The molecule has 2 aliphatic rings. The number of hydrogen-bond acceptors (Lipinski definition) is 6. The number of nitrogens with zero attached hydrogens (tertiary/aromatic N) is 4. The molecule has 9 heteroatoms. The van der Waals surface area contributed by atoms with Gasteiger partial charge < -0.3 is 20.2 Å². The number of aromatic nitrogens is 1. The summed E-state index contributed by atoms with van der Waals surface area (Å²) in [4.78, 5) is 45.3. The fraction of sp³-hybridized carbons (Fsp3) is 0.556. The molecule has 0 atom stereocenters. The van der Waals surface area contributed by atoms with E-state index in [1.54, 1.807) is 0 Å². The molecule has 0 aromatic carbocycles. The summed E-state index contributed by atoms with van der Waals surface area (Å²) >= 11 is 0. The number of carboxylic acid groups (broad SMARTS) is 1. The van der Waals surface area contributed by atoms with Crippen molar-refractivity contribution >= 4 is 29.3 Å². The van der Waals surface area contributed by atoms with E-state index >= 15 is 0 Å². The van der Waals surface area contributed by atoms with Crippen molar-refractivity contribution in [2.75, 3.05) is 56.0 Å². The van der Waals surface area contributed by atoms with Crippen LogP contribution < -0.4 is 10.2 Å². The van der Waals surface area contributed by atoms with Gasteiger partial charge in [0.1, 0.15) is 11.4 Å². The van der Waals surface area contributed by atoms with Crippen LogP contribution in [-0.2, 0) is 9.59 Å². The first-order valence-corrected chi connectivity index (χ1v) is 9.20. The fourth-order valence-corrected chi connectivity index (χ4v) is 3.51. The van der Waals surface area contributed by atoms with Crippen LogP contribution in [0.5, 0.6) is 0 Å². The van der Waals surface area contributed by atoms with Crippen molar-refractivity contribution in [1.82, 2.24) is 14.8 Å². The van der Waals surface area contributed by atoms with Crippen LogP contribution in [0.15, 0.2) is 12.3 Å². The summed E-state index contributed by atoms with van der Waals surface area (Å²) in [6.07, 6.45) is 3.63. The Kier molecular flexibility index (Phi) is 5.90. The molecule has 1 aromatic heterocycles. The van der Waals surface area contributed by atoms with E-state index in [-0.39, 0.29) is 17.4 Å². The maximum Gasteiger partial charge on any atom is 0.339 e. The average molecular weight is 375 g/mol. The molecular formula is C18H25N5O4. The molecule has 2 amide bonds. The molecule has 2 saturated heterocycles. The SMILES string of the molecule is CC(=O)Nc1cnc(N2CCN(CC(=O)N3CCCC3)CC2)c(C(=O)O)c1. The molecule has 0 saturated carbocycles. The number of piperazine rings is 1. The molecule has 0 bridgehead atoms. The van der Waals surface area contributed by atoms with Crippen LogP contribution in [-0.4, -0.2) is 83.5 Å². The first-order chi connectivity index (χ1) is 12.9. The Morgan fingerprint density at radius 3 is 2.37 bits per heavy atom. The van der Waals surface area contributed by atoms with Crippen molar-refractivity contribution in [2.45, 2.75) is 19.8 Å². The monoisotopic (exact) mass is 375 g/mol. The van der Waals surface area contributed by atoms with Gasteiger partial charge in [-0.25, -0.2) is 9.78 Å². The Hall–Kier alpha value is -2.68. The smallest absolute Gasteiger partial charge is 0.339 e. The number of anilines is 2. The second kappa shape index (κ2) is 8.34. The standard InChI is InChI=1S/C18H25N5O4/c1-13(24)20-14-10-15(18(26)27)17(19-11-14)23-8-6-21(7-9-23)12-16(25)22-4-2-3-5-22/h10-11H,2-9,12H2,1H3,(H,20,24)(H,26,27). The third-order valence-electron chi connectivity index (χ3n) is 4.91. The van der Waals surface area contributed by atoms with Crippen molar-refractivity contribution in [3.05, 3.63) is 17.8 Å². The Morgan fingerprint density at radius 2 is 1.78 bits per heavy atom. The van der Waals surface area contributed by atoms with Gasteiger partial charge in [0.2, 0.25) is 11.8 Å². The Labute approximate surface area is 157 Å². The lowest BCUT2D eigenvalue weighted by atomic mass is 10.2. The quantitative estimate of drug-likeness (QED) is 0.771. The molecule has 0 aliphatic carbocycles. The number of carboxylic acids is 1. The molecule has 9 nitrogen and oxygen atoms in total. The summed E-state index contributed by atoms with van der Waals surface area (Å²) in [5, 5.41) is 12.1. The number of amides is 2. The van der Waals surface area contributed by atoms with Gasteiger partial charge in [-0.1, -0.05) is 0 Å². The van der Waals surface area contributed by atoms with E-state index in [9.17, 15) is 19.5 Å². The number of likely N-dealkylation sites (tertiary alicyclic amines) is 1. The topological polar surface area (TPSA) is 106 Å². The molecule has 146 valence electrons. The molecular weight excluding hydrogens is 350 g/mol. The van der Waals surface area contributed by atoms with Gasteiger partial charge in [0.15, 0.2) is 0 Å². The van der Waals surface area contributed by atoms with Gasteiger partial charge in [0.25, 0.3) is 0 Å². The van der Waals surface area contributed by atoms with Gasteiger partial charge in [-0.15, -0.1) is 0 Å². The van der Waals surface area contributed by atoms with Crippen molar-refractivity contribution < 1.29 is 19.5 Å². The number of nitrogens with one attached hydrogen (secondary N) is 1. The van der Waals surface area contributed by atoms with Gasteiger partial charge in [-0.05, 0) is 18.9 Å². The number of pyridine rings is 1. The van der Waals surface area contributed by atoms with E-state index in [0.29, 0.717) is 44.2 Å². The highest BCUT2D eigenvalue weighted by molar-refractivity contribution is 5.96. The predicted molar refractivity (Wildman–Crippen MR) is 100.0 cm³/mol. The van der Waals surface area contributed by atoms with Gasteiger partial charge in [-0.2, -0.15) is 0 Å². The number of aromatic carboxylic acids is 1. The third-order valence-corrected chi connectivity index (χ3v) is 4.91. The molecule has 3 rings (SSSR count). The van der Waals surface area contributed by atoms with Gasteiger partial charge in [-0.3, -0.25) is 14.5 Å². The van der Waals surface area contributed by atoms with E-state index in [1.807, 2.05) is 9.80 Å². The average Bonchev–Trinajstić information content (AvgIpc) is 3.17. The van der Waals surface area contributed by atoms with Crippen LogP contribution in [0.25, 0.3) is 0 Å². The molecule has 27 heavy (non-hydrogen) atoms. The minimum absolute atomic E-state index is 0.0582.